The van der Waals surface area contributed by atoms with Gasteiger partial charge < -0.3 is 10.2 Å². The van der Waals surface area contributed by atoms with Gasteiger partial charge in [-0.25, -0.2) is 0 Å². The summed E-state index contributed by atoms with van der Waals surface area (Å²) in [5, 5.41) is 3.52. The predicted molar refractivity (Wildman–Crippen MR) is 62.6 cm³/mol. The Labute approximate surface area is 89.1 Å². The van der Waals surface area contributed by atoms with Gasteiger partial charge in [-0.2, -0.15) is 0 Å². The Kier molecular flexibility index (Phi) is 4.39. The highest BCUT2D eigenvalue weighted by Gasteiger charge is 2.23. The summed E-state index contributed by atoms with van der Waals surface area (Å²) in [6.07, 6.45) is 4.35. The Balaban J connectivity index is 2.20. The molecule has 0 aromatic heterocycles. The number of likely N-dealkylation sites (N-methyl/N-ethyl adjacent to an activating group) is 2. The number of hydrogen-bond donors (Lipinski definition) is 1. The van der Waals surface area contributed by atoms with Crippen molar-refractivity contribution in [2.75, 3.05) is 26.7 Å². The van der Waals surface area contributed by atoms with E-state index >= 15 is 0 Å². The van der Waals surface area contributed by atoms with Crippen molar-refractivity contribution in [1.82, 2.24) is 10.2 Å². The Morgan fingerprint density at radius 1 is 1.36 bits per heavy atom. The molecule has 1 aliphatic carbocycles. The minimum absolute atomic E-state index is 0.257. The fourth-order valence-corrected chi connectivity index (χ4v) is 2.39. The highest BCUT2D eigenvalue weighted by atomic mass is 15.1. The summed E-state index contributed by atoms with van der Waals surface area (Å²) in [5.41, 5.74) is 0.257. The Hall–Kier alpha value is -0.0800. The maximum Gasteiger partial charge on any atom is 0.0251 e. The Morgan fingerprint density at radius 2 is 2.00 bits per heavy atom. The lowest BCUT2D eigenvalue weighted by molar-refractivity contribution is 0.170. The average molecular weight is 198 g/mol. The lowest BCUT2D eigenvalue weighted by Gasteiger charge is -2.35. The minimum Gasteiger partial charge on any atom is -0.311 e. The molecule has 2 heteroatoms. The lowest BCUT2D eigenvalue weighted by atomic mass is 9.85. The number of rotatable bonds is 6. The molecule has 1 aliphatic rings. The summed E-state index contributed by atoms with van der Waals surface area (Å²) in [5.74, 6) is 0.984. The standard InChI is InChI=1S/C12H26N2/c1-5-13-12(2,3)10-14(4)9-11-7-6-8-11/h11,13H,5-10H2,1-4H3. The van der Waals surface area contributed by atoms with E-state index in [1.807, 2.05) is 0 Å². The first-order valence-corrected chi connectivity index (χ1v) is 5.97. The lowest BCUT2D eigenvalue weighted by Crippen LogP contribution is -2.49. The first-order valence-electron chi connectivity index (χ1n) is 5.97. The summed E-state index contributed by atoms with van der Waals surface area (Å²) in [6.45, 7) is 10.2. The number of nitrogens with zero attached hydrogens (tertiary/aromatic N) is 1. The fraction of sp³-hybridized carbons (Fsp3) is 1.00. The van der Waals surface area contributed by atoms with Crippen LogP contribution in [0.15, 0.2) is 0 Å². The number of hydrogen-bond acceptors (Lipinski definition) is 2. The molecule has 0 amide bonds. The zero-order valence-corrected chi connectivity index (χ0v) is 10.3. The van der Waals surface area contributed by atoms with E-state index in [1.54, 1.807) is 0 Å². The highest BCUT2D eigenvalue weighted by Crippen LogP contribution is 2.26. The maximum absolute atomic E-state index is 3.52. The van der Waals surface area contributed by atoms with Gasteiger partial charge in [0.1, 0.15) is 0 Å². The maximum atomic E-state index is 3.52. The summed E-state index contributed by atoms with van der Waals surface area (Å²) >= 11 is 0. The quantitative estimate of drug-likeness (QED) is 0.703. The normalized spacial score (nSPS) is 18.6. The molecule has 0 saturated heterocycles. The second kappa shape index (κ2) is 5.13. The highest BCUT2D eigenvalue weighted by molar-refractivity contribution is 4.82. The molecular formula is C12H26N2. The average Bonchev–Trinajstić information content (AvgIpc) is 1.95. The molecular weight excluding hydrogens is 172 g/mol. The monoisotopic (exact) mass is 198 g/mol. The van der Waals surface area contributed by atoms with Crippen molar-refractivity contribution >= 4 is 0 Å². The van der Waals surface area contributed by atoms with Crippen molar-refractivity contribution in [3.05, 3.63) is 0 Å². The first-order chi connectivity index (χ1) is 6.53. The molecule has 0 heterocycles. The summed E-state index contributed by atoms with van der Waals surface area (Å²) in [6, 6.07) is 0. The van der Waals surface area contributed by atoms with Crippen molar-refractivity contribution in [2.45, 2.75) is 45.6 Å². The van der Waals surface area contributed by atoms with Crippen LogP contribution in [0, 0.1) is 5.92 Å². The molecule has 1 rings (SSSR count). The van der Waals surface area contributed by atoms with Crippen LogP contribution in [0.5, 0.6) is 0 Å². The van der Waals surface area contributed by atoms with E-state index in [0.717, 1.165) is 19.0 Å². The molecule has 0 bridgehead atoms. The predicted octanol–water partition coefficient (Wildman–Crippen LogP) is 2.11. The van der Waals surface area contributed by atoms with Crippen molar-refractivity contribution < 1.29 is 0 Å². The van der Waals surface area contributed by atoms with Crippen LogP contribution < -0.4 is 5.32 Å². The Morgan fingerprint density at radius 3 is 2.43 bits per heavy atom. The van der Waals surface area contributed by atoms with Gasteiger partial charge in [-0.05, 0) is 46.2 Å². The van der Waals surface area contributed by atoms with Gasteiger partial charge in [0.15, 0.2) is 0 Å². The van der Waals surface area contributed by atoms with Gasteiger partial charge in [0.25, 0.3) is 0 Å². The van der Waals surface area contributed by atoms with Crippen LogP contribution in [-0.4, -0.2) is 37.1 Å². The molecule has 1 N–H and O–H groups in total. The zero-order valence-electron chi connectivity index (χ0n) is 10.3. The van der Waals surface area contributed by atoms with Crippen molar-refractivity contribution in [3.8, 4) is 0 Å². The van der Waals surface area contributed by atoms with E-state index in [2.05, 4.69) is 38.0 Å². The first kappa shape index (κ1) is 12.0. The summed E-state index contributed by atoms with van der Waals surface area (Å²) in [4.78, 5) is 2.48. The molecule has 0 radical (unpaired) electrons. The van der Waals surface area contributed by atoms with Gasteiger partial charge in [-0.3, -0.25) is 0 Å². The van der Waals surface area contributed by atoms with E-state index in [0.29, 0.717) is 0 Å². The van der Waals surface area contributed by atoms with Gasteiger partial charge in [-0.1, -0.05) is 13.3 Å². The smallest absolute Gasteiger partial charge is 0.0251 e. The molecule has 1 fully saturated rings. The van der Waals surface area contributed by atoms with Crippen molar-refractivity contribution in [1.29, 1.82) is 0 Å². The van der Waals surface area contributed by atoms with E-state index in [4.69, 9.17) is 0 Å². The van der Waals surface area contributed by atoms with Crippen LogP contribution in [0.4, 0.5) is 0 Å². The van der Waals surface area contributed by atoms with Gasteiger partial charge >= 0.3 is 0 Å². The molecule has 0 spiro atoms. The number of nitrogens with one attached hydrogen (secondary N) is 1. The third kappa shape index (κ3) is 3.97. The van der Waals surface area contributed by atoms with Crippen molar-refractivity contribution in [3.63, 3.8) is 0 Å². The van der Waals surface area contributed by atoms with Crippen molar-refractivity contribution in [2.24, 2.45) is 5.92 Å². The fourth-order valence-electron chi connectivity index (χ4n) is 2.39. The molecule has 1 saturated carbocycles. The molecule has 14 heavy (non-hydrogen) atoms. The van der Waals surface area contributed by atoms with Gasteiger partial charge in [0.2, 0.25) is 0 Å². The summed E-state index contributed by atoms with van der Waals surface area (Å²) < 4.78 is 0. The van der Waals surface area contributed by atoms with Gasteiger partial charge in [-0.15, -0.1) is 0 Å². The zero-order chi connectivity index (χ0) is 10.6. The van der Waals surface area contributed by atoms with Crippen LogP contribution >= 0.6 is 0 Å². The Bertz CT molecular complexity index is 162. The van der Waals surface area contributed by atoms with Crippen LogP contribution in [0.25, 0.3) is 0 Å². The third-order valence-corrected chi connectivity index (χ3v) is 3.12. The van der Waals surface area contributed by atoms with Gasteiger partial charge in [0.05, 0.1) is 0 Å². The largest absolute Gasteiger partial charge is 0.311 e. The van der Waals surface area contributed by atoms with E-state index in [9.17, 15) is 0 Å². The molecule has 0 aliphatic heterocycles. The van der Waals surface area contributed by atoms with Gasteiger partial charge in [0, 0.05) is 18.6 Å². The molecule has 0 atom stereocenters. The molecule has 0 aromatic rings. The summed E-state index contributed by atoms with van der Waals surface area (Å²) in [7, 11) is 2.25. The molecule has 84 valence electrons. The SMILES string of the molecule is CCNC(C)(C)CN(C)CC1CCC1. The molecule has 2 nitrogen and oxygen atoms in total. The third-order valence-electron chi connectivity index (χ3n) is 3.12. The van der Waals surface area contributed by atoms with Crippen LogP contribution in [-0.2, 0) is 0 Å². The topological polar surface area (TPSA) is 15.3 Å². The van der Waals surface area contributed by atoms with E-state index < -0.39 is 0 Å². The second-order valence-corrected chi connectivity index (χ2v) is 5.41. The minimum atomic E-state index is 0.257. The molecule has 0 unspecified atom stereocenters. The molecule has 0 aromatic carbocycles. The second-order valence-electron chi connectivity index (χ2n) is 5.41. The van der Waals surface area contributed by atoms with Crippen LogP contribution in [0.3, 0.4) is 0 Å². The van der Waals surface area contributed by atoms with Crippen LogP contribution in [0.2, 0.25) is 0 Å². The van der Waals surface area contributed by atoms with E-state index in [1.165, 1.54) is 25.8 Å². The van der Waals surface area contributed by atoms with Crippen LogP contribution in [0.1, 0.15) is 40.0 Å². The van der Waals surface area contributed by atoms with E-state index in [-0.39, 0.29) is 5.54 Å².